The molecular formula is C19H29NO4. The highest BCUT2D eigenvalue weighted by molar-refractivity contribution is 5.66. The van der Waals surface area contributed by atoms with Crippen molar-refractivity contribution in [2.45, 2.75) is 51.9 Å². The summed E-state index contributed by atoms with van der Waals surface area (Å²) in [6.07, 6.45) is 0.973. The first-order valence-electron chi connectivity index (χ1n) is 8.60. The topological polar surface area (TPSA) is 59.0 Å². The number of amides is 1. The van der Waals surface area contributed by atoms with Crippen molar-refractivity contribution in [3.05, 3.63) is 35.9 Å². The summed E-state index contributed by atoms with van der Waals surface area (Å²) in [5, 5.41) is 9.37. The van der Waals surface area contributed by atoms with Crippen LogP contribution >= 0.6 is 0 Å². The summed E-state index contributed by atoms with van der Waals surface area (Å²) >= 11 is 0. The first-order chi connectivity index (χ1) is 11.4. The van der Waals surface area contributed by atoms with Crippen molar-refractivity contribution in [2.24, 2.45) is 5.92 Å². The third-order valence-electron chi connectivity index (χ3n) is 4.36. The molecule has 1 unspecified atom stereocenters. The van der Waals surface area contributed by atoms with Gasteiger partial charge in [-0.2, -0.15) is 0 Å². The van der Waals surface area contributed by atoms with E-state index in [-0.39, 0.29) is 6.10 Å². The molecule has 1 aromatic carbocycles. The van der Waals surface area contributed by atoms with Gasteiger partial charge in [-0.05, 0) is 39.2 Å². The number of benzene rings is 1. The van der Waals surface area contributed by atoms with Crippen LogP contribution in [-0.4, -0.2) is 47.5 Å². The fourth-order valence-corrected chi connectivity index (χ4v) is 2.90. The summed E-state index contributed by atoms with van der Waals surface area (Å²) in [7, 11) is 0. The molecule has 1 fully saturated rings. The van der Waals surface area contributed by atoms with Gasteiger partial charge < -0.3 is 19.5 Å². The molecule has 1 saturated heterocycles. The van der Waals surface area contributed by atoms with Gasteiger partial charge in [-0.3, -0.25) is 0 Å². The van der Waals surface area contributed by atoms with E-state index in [1.165, 1.54) is 10.5 Å². The molecule has 1 N–H and O–H groups in total. The predicted octanol–water partition coefficient (Wildman–Crippen LogP) is 3.78. The van der Waals surface area contributed by atoms with E-state index in [0.29, 0.717) is 32.3 Å². The molecule has 0 aliphatic carbocycles. The minimum atomic E-state index is -0.889. The van der Waals surface area contributed by atoms with Crippen molar-refractivity contribution >= 4 is 6.09 Å². The summed E-state index contributed by atoms with van der Waals surface area (Å²) in [6.45, 7) is 8.09. The summed E-state index contributed by atoms with van der Waals surface area (Å²) in [6, 6.07) is 10.1. The van der Waals surface area contributed by atoms with Gasteiger partial charge in [0.2, 0.25) is 0 Å². The van der Waals surface area contributed by atoms with E-state index in [9.17, 15) is 9.90 Å². The minimum Gasteiger partial charge on any atom is -0.465 e. The molecule has 24 heavy (non-hydrogen) atoms. The average Bonchev–Trinajstić information content (AvgIpc) is 2.53. The third kappa shape index (κ3) is 5.80. The minimum absolute atomic E-state index is 0.0225. The third-order valence-corrected chi connectivity index (χ3v) is 4.36. The number of hydrogen-bond donors (Lipinski definition) is 1. The van der Waals surface area contributed by atoms with Crippen molar-refractivity contribution in [2.75, 3.05) is 19.8 Å². The quantitative estimate of drug-likeness (QED) is 0.859. The number of nitrogens with zero attached hydrogens (tertiary/aromatic N) is 1. The maximum absolute atomic E-state index is 11.4. The molecule has 2 atom stereocenters. The smallest absolute Gasteiger partial charge is 0.407 e. The molecule has 1 aromatic rings. The molecule has 0 aromatic heterocycles. The molecule has 134 valence electrons. The molecular weight excluding hydrogens is 306 g/mol. The van der Waals surface area contributed by atoms with Crippen LogP contribution in [0, 0.1) is 5.92 Å². The highest BCUT2D eigenvalue weighted by atomic mass is 16.5. The summed E-state index contributed by atoms with van der Waals surface area (Å²) in [4.78, 5) is 12.9. The van der Waals surface area contributed by atoms with E-state index in [0.717, 1.165) is 12.8 Å². The Labute approximate surface area is 144 Å². The first kappa shape index (κ1) is 18.7. The Morgan fingerprint density at radius 3 is 2.54 bits per heavy atom. The summed E-state index contributed by atoms with van der Waals surface area (Å²) < 4.78 is 11.7. The van der Waals surface area contributed by atoms with Crippen LogP contribution in [0.1, 0.15) is 39.2 Å². The van der Waals surface area contributed by atoms with Gasteiger partial charge in [0.15, 0.2) is 0 Å². The standard InChI is InChI=1S/C19H29NO4/c1-19(2,3)20(18(21)22)11-17-10-9-16(14-24-17)13-23-12-15-7-5-4-6-8-15/h4-8,16-17H,9-14H2,1-3H3,(H,21,22)/t16-,17?/m0/s1. The number of carbonyl (C=O) groups is 1. The van der Waals surface area contributed by atoms with Crippen molar-refractivity contribution < 1.29 is 19.4 Å². The number of hydrogen-bond acceptors (Lipinski definition) is 3. The van der Waals surface area contributed by atoms with Gasteiger partial charge in [0.05, 0.1) is 32.5 Å². The Kier molecular flexibility index (Phi) is 6.63. The predicted molar refractivity (Wildman–Crippen MR) is 93.0 cm³/mol. The van der Waals surface area contributed by atoms with Crippen LogP contribution < -0.4 is 0 Å². The molecule has 5 heteroatoms. The van der Waals surface area contributed by atoms with E-state index in [1.807, 2.05) is 39.0 Å². The molecule has 1 aliphatic heterocycles. The molecule has 0 saturated carbocycles. The molecule has 2 rings (SSSR count). The molecule has 1 heterocycles. The lowest BCUT2D eigenvalue weighted by Crippen LogP contribution is -2.50. The monoisotopic (exact) mass is 335 g/mol. The van der Waals surface area contributed by atoms with Gasteiger partial charge in [0.1, 0.15) is 0 Å². The molecule has 1 aliphatic rings. The number of ether oxygens (including phenoxy) is 2. The van der Waals surface area contributed by atoms with Crippen LogP contribution in [0.5, 0.6) is 0 Å². The Bertz CT molecular complexity index is 504. The van der Waals surface area contributed by atoms with Crippen molar-refractivity contribution in [3.63, 3.8) is 0 Å². The fraction of sp³-hybridized carbons (Fsp3) is 0.632. The highest BCUT2D eigenvalue weighted by Gasteiger charge is 2.31. The van der Waals surface area contributed by atoms with Crippen LogP contribution in [-0.2, 0) is 16.1 Å². The lowest BCUT2D eigenvalue weighted by molar-refractivity contribution is -0.0607. The molecule has 0 radical (unpaired) electrons. The van der Waals surface area contributed by atoms with Crippen LogP contribution in [0.15, 0.2) is 30.3 Å². The number of carboxylic acid groups (broad SMARTS) is 1. The summed E-state index contributed by atoms with van der Waals surface area (Å²) in [5.74, 6) is 0.387. The highest BCUT2D eigenvalue weighted by Crippen LogP contribution is 2.23. The van der Waals surface area contributed by atoms with E-state index >= 15 is 0 Å². The average molecular weight is 335 g/mol. The molecule has 5 nitrogen and oxygen atoms in total. The summed E-state index contributed by atoms with van der Waals surface area (Å²) in [5.41, 5.74) is 0.763. The van der Waals surface area contributed by atoms with Crippen LogP contribution in [0.3, 0.4) is 0 Å². The van der Waals surface area contributed by atoms with E-state index in [4.69, 9.17) is 9.47 Å². The van der Waals surface area contributed by atoms with Gasteiger partial charge in [0.25, 0.3) is 0 Å². The van der Waals surface area contributed by atoms with E-state index < -0.39 is 11.6 Å². The van der Waals surface area contributed by atoms with Gasteiger partial charge in [-0.15, -0.1) is 0 Å². The SMILES string of the molecule is CC(C)(C)N(CC1CC[C@@H](COCc2ccccc2)CO1)C(=O)O. The zero-order valence-electron chi connectivity index (χ0n) is 14.9. The molecule has 0 spiro atoms. The number of rotatable bonds is 6. The van der Waals surface area contributed by atoms with Crippen LogP contribution in [0.2, 0.25) is 0 Å². The lowest BCUT2D eigenvalue weighted by Gasteiger charge is -2.38. The Morgan fingerprint density at radius 1 is 1.29 bits per heavy atom. The second-order valence-corrected chi connectivity index (χ2v) is 7.46. The molecule has 1 amide bonds. The Hall–Kier alpha value is -1.59. The molecule has 0 bridgehead atoms. The largest absolute Gasteiger partial charge is 0.465 e. The van der Waals surface area contributed by atoms with E-state index in [1.54, 1.807) is 0 Å². The normalized spacial score (nSPS) is 21.5. The van der Waals surface area contributed by atoms with E-state index in [2.05, 4.69) is 12.1 Å². The zero-order valence-corrected chi connectivity index (χ0v) is 14.9. The van der Waals surface area contributed by atoms with Gasteiger partial charge in [-0.1, -0.05) is 30.3 Å². The second-order valence-electron chi connectivity index (χ2n) is 7.46. The fourth-order valence-electron chi connectivity index (χ4n) is 2.90. The lowest BCUT2D eigenvalue weighted by atomic mass is 9.97. The van der Waals surface area contributed by atoms with Gasteiger partial charge in [-0.25, -0.2) is 4.79 Å². The van der Waals surface area contributed by atoms with Crippen molar-refractivity contribution in [1.29, 1.82) is 0 Å². The van der Waals surface area contributed by atoms with Crippen LogP contribution in [0.4, 0.5) is 4.79 Å². The van der Waals surface area contributed by atoms with Gasteiger partial charge in [0, 0.05) is 11.5 Å². The van der Waals surface area contributed by atoms with Crippen molar-refractivity contribution in [1.82, 2.24) is 4.90 Å². The second kappa shape index (κ2) is 8.49. The zero-order chi connectivity index (χ0) is 17.6. The van der Waals surface area contributed by atoms with Gasteiger partial charge >= 0.3 is 6.09 Å². The maximum atomic E-state index is 11.4. The van der Waals surface area contributed by atoms with Crippen molar-refractivity contribution in [3.8, 4) is 0 Å². The maximum Gasteiger partial charge on any atom is 0.407 e. The Morgan fingerprint density at radius 2 is 2.00 bits per heavy atom. The van der Waals surface area contributed by atoms with Crippen LogP contribution in [0.25, 0.3) is 0 Å². The first-order valence-corrected chi connectivity index (χ1v) is 8.60. The Balaban J connectivity index is 1.70.